The summed E-state index contributed by atoms with van der Waals surface area (Å²) in [6.07, 6.45) is 0. The van der Waals surface area contributed by atoms with E-state index in [0.29, 0.717) is 10.8 Å². The van der Waals surface area contributed by atoms with Crippen LogP contribution in [-0.2, 0) is 10.0 Å². The van der Waals surface area contributed by atoms with E-state index in [4.69, 9.17) is 5.73 Å². The maximum absolute atomic E-state index is 12.3. The molecule has 1 heterocycles. The molecule has 0 aliphatic heterocycles. The van der Waals surface area contributed by atoms with E-state index in [1.54, 1.807) is 30.5 Å². The average molecular weight is 311 g/mol. The van der Waals surface area contributed by atoms with Crippen LogP contribution in [0.5, 0.6) is 0 Å². The molecule has 1 aromatic heterocycles. The molecular formula is C13H17N3O2S2. The number of hydrogen-bond acceptors (Lipinski definition) is 5. The van der Waals surface area contributed by atoms with Crippen molar-refractivity contribution in [1.82, 2.24) is 4.98 Å². The van der Waals surface area contributed by atoms with E-state index in [9.17, 15) is 8.42 Å². The van der Waals surface area contributed by atoms with Gasteiger partial charge < -0.3 is 5.73 Å². The van der Waals surface area contributed by atoms with Gasteiger partial charge in [-0.2, -0.15) is 0 Å². The fourth-order valence-corrected chi connectivity index (χ4v) is 3.75. The molecule has 2 rings (SSSR count). The number of nitrogens with one attached hydrogen (secondary N) is 1. The summed E-state index contributed by atoms with van der Waals surface area (Å²) in [5.74, 6) is 0. The third-order valence-electron chi connectivity index (χ3n) is 3.00. The Morgan fingerprint density at radius 2 is 2.00 bits per heavy atom. The fourth-order valence-electron chi connectivity index (χ4n) is 1.60. The first kappa shape index (κ1) is 15.0. The van der Waals surface area contributed by atoms with Gasteiger partial charge in [-0.1, -0.05) is 6.07 Å². The van der Waals surface area contributed by atoms with Gasteiger partial charge in [0.25, 0.3) is 10.0 Å². The Hall–Kier alpha value is -1.44. The molecule has 3 N–H and O–H groups in total. The minimum absolute atomic E-state index is 0.217. The zero-order chi connectivity index (χ0) is 14.9. The smallest absolute Gasteiger partial charge is 0.263 e. The molecule has 2 aromatic rings. The molecule has 108 valence electrons. The zero-order valence-corrected chi connectivity index (χ0v) is 13.2. The molecule has 0 spiro atoms. The molecule has 0 bridgehead atoms. The van der Waals surface area contributed by atoms with E-state index >= 15 is 0 Å². The molecule has 0 saturated heterocycles. The number of benzene rings is 1. The van der Waals surface area contributed by atoms with Gasteiger partial charge in [0.15, 0.2) is 5.13 Å². The number of aromatic nitrogens is 1. The SMILES string of the molecule is Cc1ccc(S(=O)(=O)Nc2nc(C(C)N)cs2)cc1C. The van der Waals surface area contributed by atoms with E-state index in [0.717, 1.165) is 11.1 Å². The van der Waals surface area contributed by atoms with E-state index in [1.165, 1.54) is 11.3 Å². The highest BCUT2D eigenvalue weighted by molar-refractivity contribution is 7.93. The molecule has 5 nitrogen and oxygen atoms in total. The maximum Gasteiger partial charge on any atom is 0.263 e. The van der Waals surface area contributed by atoms with Crippen LogP contribution < -0.4 is 10.5 Å². The molecule has 1 aromatic carbocycles. The lowest BCUT2D eigenvalue weighted by molar-refractivity contribution is 0.601. The van der Waals surface area contributed by atoms with Gasteiger partial charge in [0.2, 0.25) is 0 Å². The number of anilines is 1. The molecule has 0 saturated carbocycles. The van der Waals surface area contributed by atoms with Crippen molar-refractivity contribution in [2.24, 2.45) is 5.73 Å². The topological polar surface area (TPSA) is 85.1 Å². The Morgan fingerprint density at radius 1 is 1.30 bits per heavy atom. The lowest BCUT2D eigenvalue weighted by atomic mass is 10.1. The van der Waals surface area contributed by atoms with Crippen LogP contribution in [-0.4, -0.2) is 13.4 Å². The number of aryl methyl sites for hydroxylation is 2. The minimum Gasteiger partial charge on any atom is -0.323 e. The van der Waals surface area contributed by atoms with Gasteiger partial charge in [0.05, 0.1) is 10.6 Å². The van der Waals surface area contributed by atoms with Gasteiger partial charge in [-0.25, -0.2) is 13.4 Å². The summed E-state index contributed by atoms with van der Waals surface area (Å²) in [5.41, 5.74) is 8.37. The molecule has 20 heavy (non-hydrogen) atoms. The number of sulfonamides is 1. The van der Waals surface area contributed by atoms with Crippen molar-refractivity contribution in [2.45, 2.75) is 31.7 Å². The first-order valence-electron chi connectivity index (χ1n) is 6.10. The summed E-state index contributed by atoms with van der Waals surface area (Å²) in [4.78, 5) is 4.40. The van der Waals surface area contributed by atoms with Crippen LogP contribution >= 0.6 is 11.3 Å². The lowest BCUT2D eigenvalue weighted by Gasteiger charge is -2.07. The van der Waals surface area contributed by atoms with Gasteiger partial charge in [-0.15, -0.1) is 11.3 Å². The minimum atomic E-state index is -3.61. The van der Waals surface area contributed by atoms with Crippen LogP contribution in [0.1, 0.15) is 29.8 Å². The number of nitrogens with zero attached hydrogens (tertiary/aromatic N) is 1. The zero-order valence-electron chi connectivity index (χ0n) is 11.5. The molecule has 1 atom stereocenters. The first-order valence-corrected chi connectivity index (χ1v) is 8.47. The Labute approximate surface area is 122 Å². The van der Waals surface area contributed by atoms with Crippen LogP contribution in [0.4, 0.5) is 5.13 Å². The van der Waals surface area contributed by atoms with Crippen LogP contribution in [0.15, 0.2) is 28.5 Å². The largest absolute Gasteiger partial charge is 0.323 e. The Morgan fingerprint density at radius 3 is 2.55 bits per heavy atom. The van der Waals surface area contributed by atoms with Gasteiger partial charge in [0, 0.05) is 11.4 Å². The van der Waals surface area contributed by atoms with Crippen molar-refractivity contribution in [3.05, 3.63) is 40.4 Å². The van der Waals surface area contributed by atoms with Gasteiger partial charge in [0.1, 0.15) is 0 Å². The molecule has 0 aliphatic rings. The van der Waals surface area contributed by atoms with E-state index in [1.807, 2.05) is 13.8 Å². The monoisotopic (exact) mass is 311 g/mol. The summed E-state index contributed by atoms with van der Waals surface area (Å²) in [6.45, 7) is 5.62. The Bertz CT molecular complexity index is 721. The number of rotatable bonds is 4. The van der Waals surface area contributed by atoms with Gasteiger partial charge >= 0.3 is 0 Å². The normalized spacial score (nSPS) is 13.2. The summed E-state index contributed by atoms with van der Waals surface area (Å²) < 4.78 is 27.0. The molecule has 0 amide bonds. The number of nitrogens with two attached hydrogens (primary N) is 1. The Kier molecular flexibility index (Phi) is 4.12. The molecule has 0 aliphatic carbocycles. The predicted octanol–water partition coefficient (Wildman–Crippen LogP) is 2.58. The van der Waals surface area contributed by atoms with Crippen LogP contribution in [0.3, 0.4) is 0 Å². The lowest BCUT2D eigenvalue weighted by Crippen LogP contribution is -2.13. The highest BCUT2D eigenvalue weighted by Crippen LogP contribution is 2.23. The highest BCUT2D eigenvalue weighted by atomic mass is 32.2. The second-order valence-corrected chi connectivity index (χ2v) is 7.26. The van der Waals surface area contributed by atoms with Crippen LogP contribution in [0.2, 0.25) is 0 Å². The average Bonchev–Trinajstić information content (AvgIpc) is 2.80. The molecule has 1 unspecified atom stereocenters. The quantitative estimate of drug-likeness (QED) is 0.909. The summed E-state index contributed by atoms with van der Waals surface area (Å²) in [7, 11) is -3.61. The van der Waals surface area contributed by atoms with Crippen molar-refractivity contribution in [2.75, 3.05) is 4.72 Å². The van der Waals surface area contributed by atoms with Crippen molar-refractivity contribution < 1.29 is 8.42 Å². The maximum atomic E-state index is 12.3. The van der Waals surface area contributed by atoms with Crippen molar-refractivity contribution >= 4 is 26.5 Å². The van der Waals surface area contributed by atoms with E-state index in [2.05, 4.69) is 9.71 Å². The van der Waals surface area contributed by atoms with Gasteiger partial charge in [-0.05, 0) is 44.0 Å². The van der Waals surface area contributed by atoms with Crippen LogP contribution in [0.25, 0.3) is 0 Å². The van der Waals surface area contributed by atoms with Crippen molar-refractivity contribution in [3.63, 3.8) is 0 Å². The van der Waals surface area contributed by atoms with Gasteiger partial charge in [-0.3, -0.25) is 4.72 Å². The summed E-state index contributed by atoms with van der Waals surface area (Å²) in [5, 5.41) is 2.08. The molecule has 7 heteroatoms. The second-order valence-electron chi connectivity index (χ2n) is 4.72. The Balaban J connectivity index is 2.28. The van der Waals surface area contributed by atoms with Crippen molar-refractivity contribution in [1.29, 1.82) is 0 Å². The van der Waals surface area contributed by atoms with Crippen molar-refractivity contribution in [3.8, 4) is 0 Å². The molecule has 0 fully saturated rings. The summed E-state index contributed by atoms with van der Waals surface area (Å²) >= 11 is 1.23. The van der Waals surface area contributed by atoms with E-state index in [-0.39, 0.29) is 10.9 Å². The highest BCUT2D eigenvalue weighted by Gasteiger charge is 2.17. The van der Waals surface area contributed by atoms with E-state index < -0.39 is 10.0 Å². The number of hydrogen-bond donors (Lipinski definition) is 2. The third-order valence-corrected chi connectivity index (χ3v) is 5.24. The summed E-state index contributed by atoms with van der Waals surface area (Å²) in [6, 6.07) is 4.81. The van der Waals surface area contributed by atoms with Crippen LogP contribution in [0, 0.1) is 13.8 Å². The third kappa shape index (κ3) is 3.17. The predicted molar refractivity (Wildman–Crippen MR) is 81.4 cm³/mol. The standard InChI is InChI=1S/C13H17N3O2S2/c1-8-4-5-11(6-9(8)2)20(17,18)16-13-15-12(7-19-13)10(3)14/h4-7,10H,14H2,1-3H3,(H,15,16). The molecular weight excluding hydrogens is 294 g/mol. The second kappa shape index (κ2) is 5.51. The molecule has 0 radical (unpaired) electrons. The fraction of sp³-hybridized carbons (Fsp3) is 0.308. The first-order chi connectivity index (χ1) is 9.29. The number of thiazole rings is 1.